The van der Waals surface area contributed by atoms with Gasteiger partial charge in [-0.3, -0.25) is 9.78 Å². The highest BCUT2D eigenvalue weighted by Gasteiger charge is 2.31. The summed E-state index contributed by atoms with van der Waals surface area (Å²) in [6.45, 7) is 8.79. The molecule has 1 saturated carbocycles. The second-order valence-electron chi connectivity index (χ2n) is 11.4. The van der Waals surface area contributed by atoms with Gasteiger partial charge >= 0.3 is 5.97 Å². The third-order valence-electron chi connectivity index (χ3n) is 8.81. The van der Waals surface area contributed by atoms with Crippen molar-refractivity contribution in [3.63, 3.8) is 0 Å². The minimum absolute atomic E-state index is 0.121. The van der Waals surface area contributed by atoms with Crippen LogP contribution < -0.4 is 0 Å². The van der Waals surface area contributed by atoms with Crippen molar-refractivity contribution in [1.29, 1.82) is 0 Å². The second-order valence-corrected chi connectivity index (χ2v) is 11.4. The monoisotopic (exact) mass is 537 g/mol. The molecular weight excluding hydrogens is 494 g/mol. The Hall–Kier alpha value is -3.42. The van der Waals surface area contributed by atoms with E-state index in [0.717, 1.165) is 66.3 Å². The van der Waals surface area contributed by atoms with Crippen molar-refractivity contribution < 1.29 is 14.6 Å². The van der Waals surface area contributed by atoms with Crippen molar-refractivity contribution in [3.8, 4) is 23.0 Å². The SMILES string of the molecule is CCC(CC)(c1ccc(C#CC2(O)CCCCCC2)c(C)c1)c1ccc(-c2cncc(CC(=O)OC)c2)c(C)c1. The first kappa shape index (κ1) is 29.6. The molecule has 1 heterocycles. The van der Waals surface area contributed by atoms with Gasteiger partial charge in [-0.2, -0.15) is 0 Å². The van der Waals surface area contributed by atoms with Gasteiger partial charge in [0.15, 0.2) is 0 Å². The van der Waals surface area contributed by atoms with Crippen LogP contribution in [0.2, 0.25) is 0 Å². The lowest BCUT2D eigenvalue weighted by molar-refractivity contribution is -0.139. The van der Waals surface area contributed by atoms with Crippen molar-refractivity contribution in [2.45, 2.75) is 96.5 Å². The van der Waals surface area contributed by atoms with Gasteiger partial charge in [-0.05, 0) is 97.9 Å². The fourth-order valence-electron chi connectivity index (χ4n) is 6.21. The van der Waals surface area contributed by atoms with Crippen LogP contribution >= 0.6 is 0 Å². The molecule has 3 aromatic rings. The quantitative estimate of drug-likeness (QED) is 0.191. The molecule has 1 aromatic heterocycles. The average Bonchev–Trinajstić information content (AvgIpc) is 3.18. The summed E-state index contributed by atoms with van der Waals surface area (Å²) in [5, 5.41) is 11.0. The molecular formula is C36H43NO3. The highest BCUT2D eigenvalue weighted by molar-refractivity contribution is 5.74. The van der Waals surface area contributed by atoms with E-state index in [9.17, 15) is 9.90 Å². The lowest BCUT2D eigenvalue weighted by atomic mass is 9.69. The van der Waals surface area contributed by atoms with Crippen molar-refractivity contribution >= 4 is 5.97 Å². The van der Waals surface area contributed by atoms with Crippen LogP contribution in [0.3, 0.4) is 0 Å². The van der Waals surface area contributed by atoms with Crippen molar-refractivity contribution in [2.24, 2.45) is 0 Å². The Morgan fingerprint density at radius 2 is 1.60 bits per heavy atom. The van der Waals surface area contributed by atoms with E-state index in [1.165, 1.54) is 36.6 Å². The fraction of sp³-hybridized carbons (Fsp3) is 0.444. The van der Waals surface area contributed by atoms with E-state index >= 15 is 0 Å². The number of nitrogens with zero attached hydrogens (tertiary/aromatic N) is 1. The van der Waals surface area contributed by atoms with Crippen molar-refractivity contribution in [3.05, 3.63) is 88.2 Å². The molecule has 1 N–H and O–H groups in total. The molecule has 0 spiro atoms. The lowest BCUT2D eigenvalue weighted by Crippen LogP contribution is -2.26. The number of benzene rings is 2. The van der Waals surface area contributed by atoms with Gasteiger partial charge in [0.05, 0.1) is 13.5 Å². The van der Waals surface area contributed by atoms with E-state index in [0.29, 0.717) is 0 Å². The van der Waals surface area contributed by atoms with Gasteiger partial charge in [0.1, 0.15) is 5.60 Å². The minimum Gasteiger partial charge on any atom is -0.469 e. The van der Waals surface area contributed by atoms with E-state index in [1.54, 1.807) is 6.20 Å². The van der Waals surface area contributed by atoms with Crippen LogP contribution in [0.5, 0.6) is 0 Å². The molecule has 4 rings (SSSR count). The summed E-state index contributed by atoms with van der Waals surface area (Å²) >= 11 is 0. The Balaban J connectivity index is 1.65. The van der Waals surface area contributed by atoms with E-state index < -0.39 is 5.60 Å². The van der Waals surface area contributed by atoms with Gasteiger partial charge in [-0.15, -0.1) is 0 Å². The van der Waals surface area contributed by atoms with Gasteiger partial charge in [-0.25, -0.2) is 0 Å². The van der Waals surface area contributed by atoms with Gasteiger partial charge in [0.25, 0.3) is 0 Å². The maximum atomic E-state index is 11.8. The fourth-order valence-corrected chi connectivity index (χ4v) is 6.21. The molecule has 1 fully saturated rings. The zero-order valence-corrected chi connectivity index (χ0v) is 24.8. The molecule has 4 nitrogen and oxygen atoms in total. The normalized spacial score (nSPS) is 15.1. The number of pyridine rings is 1. The Kier molecular flexibility index (Phi) is 9.48. The highest BCUT2D eigenvalue weighted by Crippen LogP contribution is 2.41. The predicted octanol–water partition coefficient (Wildman–Crippen LogP) is 7.62. The van der Waals surface area contributed by atoms with Crippen LogP contribution in [0.4, 0.5) is 0 Å². The standard InChI is InChI=1S/C36H43NO3/c1-6-36(7-2,31-13-12-29(26(3)20-31)16-19-35(39)17-10-8-9-11-18-35)32-14-15-33(27(4)21-32)30-22-28(24-37-25-30)23-34(38)40-5/h12-15,20-22,24-25,39H,6-11,17-18,23H2,1-5H3. The number of aryl methyl sites for hydroxylation is 2. The second kappa shape index (κ2) is 12.8. The molecule has 4 heteroatoms. The molecule has 0 radical (unpaired) electrons. The summed E-state index contributed by atoms with van der Waals surface area (Å²) in [7, 11) is 1.40. The van der Waals surface area contributed by atoms with E-state index in [1.807, 2.05) is 12.3 Å². The number of hydrogen-bond donors (Lipinski definition) is 1. The number of hydrogen-bond acceptors (Lipinski definition) is 4. The molecule has 40 heavy (non-hydrogen) atoms. The summed E-state index contributed by atoms with van der Waals surface area (Å²) in [5.74, 6) is 6.29. The predicted molar refractivity (Wildman–Crippen MR) is 162 cm³/mol. The third kappa shape index (κ3) is 6.48. The summed E-state index contributed by atoms with van der Waals surface area (Å²) in [4.78, 5) is 16.1. The molecule has 0 atom stereocenters. The Morgan fingerprint density at radius 1 is 0.950 bits per heavy atom. The highest BCUT2D eigenvalue weighted by atomic mass is 16.5. The molecule has 0 aliphatic heterocycles. The number of carbonyl (C=O) groups is 1. The number of methoxy groups -OCH3 is 1. The van der Waals surface area contributed by atoms with Crippen LogP contribution in [0, 0.1) is 25.7 Å². The van der Waals surface area contributed by atoms with Crippen molar-refractivity contribution in [2.75, 3.05) is 7.11 Å². The third-order valence-corrected chi connectivity index (χ3v) is 8.81. The lowest BCUT2D eigenvalue weighted by Gasteiger charge is -2.34. The van der Waals surface area contributed by atoms with Crippen LogP contribution in [-0.4, -0.2) is 28.8 Å². The van der Waals surface area contributed by atoms with E-state index in [2.05, 4.69) is 80.9 Å². The Morgan fingerprint density at radius 3 is 2.20 bits per heavy atom. The van der Waals surface area contributed by atoms with E-state index in [-0.39, 0.29) is 17.8 Å². The largest absolute Gasteiger partial charge is 0.469 e. The van der Waals surface area contributed by atoms with Crippen LogP contribution in [-0.2, 0) is 21.4 Å². The summed E-state index contributed by atoms with van der Waals surface area (Å²) in [6, 6.07) is 15.4. The first-order chi connectivity index (χ1) is 19.2. The maximum absolute atomic E-state index is 11.8. The maximum Gasteiger partial charge on any atom is 0.310 e. The first-order valence-electron chi connectivity index (χ1n) is 14.7. The first-order valence-corrected chi connectivity index (χ1v) is 14.7. The number of esters is 1. The summed E-state index contributed by atoms with van der Waals surface area (Å²) in [6.07, 6.45) is 11.7. The number of aromatic nitrogens is 1. The number of ether oxygens (including phenoxy) is 1. The topological polar surface area (TPSA) is 59.4 Å². The molecule has 2 aromatic carbocycles. The Labute approximate surface area is 240 Å². The molecule has 0 amide bonds. The van der Waals surface area contributed by atoms with Gasteiger partial charge in [0, 0.05) is 28.9 Å². The summed E-state index contributed by atoms with van der Waals surface area (Å²) < 4.78 is 4.82. The zero-order chi connectivity index (χ0) is 28.8. The van der Waals surface area contributed by atoms with E-state index in [4.69, 9.17) is 4.74 Å². The average molecular weight is 538 g/mol. The zero-order valence-electron chi connectivity index (χ0n) is 24.8. The minimum atomic E-state index is -0.855. The van der Waals surface area contributed by atoms with Crippen LogP contribution in [0.15, 0.2) is 54.9 Å². The Bertz CT molecular complexity index is 1400. The molecule has 210 valence electrons. The molecule has 0 bridgehead atoms. The van der Waals surface area contributed by atoms with Crippen LogP contribution in [0.25, 0.3) is 11.1 Å². The molecule has 0 unspecified atom stereocenters. The molecule has 1 aliphatic rings. The van der Waals surface area contributed by atoms with Crippen molar-refractivity contribution in [1.82, 2.24) is 4.98 Å². The van der Waals surface area contributed by atoms with Crippen LogP contribution in [0.1, 0.15) is 98.6 Å². The summed E-state index contributed by atoms with van der Waals surface area (Å²) in [5.41, 5.74) is 7.89. The van der Waals surface area contributed by atoms with Gasteiger partial charge in [0.2, 0.25) is 0 Å². The number of aliphatic hydroxyl groups is 1. The number of rotatable bonds is 7. The smallest absolute Gasteiger partial charge is 0.310 e. The molecule has 1 aliphatic carbocycles. The number of carbonyl (C=O) groups excluding carboxylic acids is 1. The van der Waals surface area contributed by atoms with Gasteiger partial charge < -0.3 is 9.84 Å². The molecule has 0 saturated heterocycles. The van der Waals surface area contributed by atoms with Gasteiger partial charge in [-0.1, -0.05) is 68.9 Å².